The van der Waals surface area contributed by atoms with Gasteiger partial charge in [-0.15, -0.1) is 0 Å². The number of nitrogens with two attached hydrogens (primary N) is 1. The molecule has 1 aromatic heterocycles. The number of rotatable bonds is 2. The molecule has 0 unspecified atom stereocenters. The van der Waals surface area contributed by atoms with Crippen LogP contribution in [0.3, 0.4) is 0 Å². The summed E-state index contributed by atoms with van der Waals surface area (Å²) in [5, 5.41) is 0. The molecular weight excluding hydrogens is 209 g/mol. The van der Waals surface area contributed by atoms with Crippen LogP contribution in [0, 0.1) is 5.82 Å². The highest BCUT2D eigenvalue weighted by atomic mass is 19.1. The maximum absolute atomic E-state index is 13.0. The van der Waals surface area contributed by atoms with E-state index in [2.05, 4.69) is 9.97 Å². The van der Waals surface area contributed by atoms with E-state index in [1.807, 2.05) is 0 Å². The Morgan fingerprint density at radius 2 is 2.00 bits per heavy atom. The van der Waals surface area contributed by atoms with Crippen molar-refractivity contribution >= 4 is 5.91 Å². The fourth-order valence-electron chi connectivity index (χ4n) is 1.37. The predicted octanol–water partition coefficient (Wildman–Crippen LogP) is 1.38. The van der Waals surface area contributed by atoms with Crippen LogP contribution in [0.25, 0.3) is 11.3 Å². The molecule has 16 heavy (non-hydrogen) atoms. The molecule has 0 fully saturated rings. The standard InChI is InChI=1S/C11H8FN3O/c12-8-3-1-2-7(6-8)9-10(11(13)16)15-5-4-14-9/h1-6H,(H2,13,16). The molecule has 2 aromatic rings. The van der Waals surface area contributed by atoms with Crippen LogP contribution in [0.15, 0.2) is 36.7 Å². The number of aromatic nitrogens is 2. The zero-order valence-electron chi connectivity index (χ0n) is 8.22. The molecule has 1 heterocycles. The summed E-state index contributed by atoms with van der Waals surface area (Å²) in [7, 11) is 0. The molecule has 4 nitrogen and oxygen atoms in total. The highest BCUT2D eigenvalue weighted by Crippen LogP contribution is 2.19. The molecule has 0 bridgehead atoms. The first-order chi connectivity index (χ1) is 7.68. The van der Waals surface area contributed by atoms with Crippen LogP contribution in [0.5, 0.6) is 0 Å². The molecule has 0 atom stereocenters. The normalized spacial score (nSPS) is 10.1. The van der Waals surface area contributed by atoms with E-state index in [1.54, 1.807) is 6.07 Å². The second kappa shape index (κ2) is 4.06. The Morgan fingerprint density at radius 3 is 2.69 bits per heavy atom. The van der Waals surface area contributed by atoms with Crippen LogP contribution in [0.2, 0.25) is 0 Å². The molecule has 0 saturated heterocycles. The lowest BCUT2D eigenvalue weighted by Gasteiger charge is -2.04. The zero-order valence-corrected chi connectivity index (χ0v) is 8.22. The highest BCUT2D eigenvalue weighted by Gasteiger charge is 2.12. The van der Waals surface area contributed by atoms with Crippen LogP contribution in [0.1, 0.15) is 10.5 Å². The third-order valence-corrected chi connectivity index (χ3v) is 2.03. The van der Waals surface area contributed by atoms with Gasteiger partial charge in [0, 0.05) is 18.0 Å². The summed E-state index contributed by atoms with van der Waals surface area (Å²) in [5.74, 6) is -1.09. The van der Waals surface area contributed by atoms with Crippen LogP contribution in [-0.4, -0.2) is 15.9 Å². The van der Waals surface area contributed by atoms with Gasteiger partial charge >= 0.3 is 0 Å². The molecule has 1 amide bonds. The molecule has 0 aliphatic carbocycles. The highest BCUT2D eigenvalue weighted by molar-refractivity contribution is 5.96. The Kier molecular flexibility index (Phi) is 2.59. The Balaban J connectivity index is 2.60. The number of primary amides is 1. The average Bonchev–Trinajstić information content (AvgIpc) is 2.29. The van der Waals surface area contributed by atoms with Crippen LogP contribution in [0.4, 0.5) is 4.39 Å². The summed E-state index contributed by atoms with van der Waals surface area (Å²) in [5.41, 5.74) is 5.95. The van der Waals surface area contributed by atoms with Gasteiger partial charge in [0.25, 0.3) is 5.91 Å². The van der Waals surface area contributed by atoms with Crippen molar-refractivity contribution in [2.75, 3.05) is 0 Å². The maximum atomic E-state index is 13.0. The van der Waals surface area contributed by atoms with Crippen LogP contribution >= 0.6 is 0 Å². The fraction of sp³-hybridized carbons (Fsp3) is 0. The topological polar surface area (TPSA) is 68.9 Å². The molecule has 0 spiro atoms. The van der Waals surface area contributed by atoms with Gasteiger partial charge in [-0.1, -0.05) is 12.1 Å². The van der Waals surface area contributed by atoms with Crippen LogP contribution in [-0.2, 0) is 0 Å². The number of halogens is 1. The van der Waals surface area contributed by atoms with Crippen molar-refractivity contribution in [1.82, 2.24) is 9.97 Å². The van der Waals surface area contributed by atoms with Crippen molar-refractivity contribution in [3.05, 3.63) is 48.2 Å². The van der Waals surface area contributed by atoms with Gasteiger partial charge in [-0.05, 0) is 12.1 Å². The van der Waals surface area contributed by atoms with Crippen molar-refractivity contribution in [1.29, 1.82) is 0 Å². The lowest BCUT2D eigenvalue weighted by Crippen LogP contribution is -2.15. The SMILES string of the molecule is NC(=O)c1nccnc1-c1cccc(F)c1. The molecule has 0 radical (unpaired) electrons. The summed E-state index contributed by atoms with van der Waals surface area (Å²) in [6.45, 7) is 0. The minimum Gasteiger partial charge on any atom is -0.364 e. The lowest BCUT2D eigenvalue weighted by molar-refractivity contribution is 0.0996. The molecule has 0 saturated carbocycles. The number of nitrogens with zero attached hydrogens (tertiary/aromatic N) is 2. The first kappa shape index (κ1) is 10.2. The second-order valence-electron chi connectivity index (χ2n) is 3.13. The van der Waals surface area contributed by atoms with Gasteiger partial charge in [0.05, 0.1) is 0 Å². The van der Waals surface area contributed by atoms with E-state index in [0.29, 0.717) is 5.56 Å². The quantitative estimate of drug-likeness (QED) is 0.826. The van der Waals surface area contributed by atoms with E-state index >= 15 is 0 Å². The van der Waals surface area contributed by atoms with Gasteiger partial charge in [-0.25, -0.2) is 9.37 Å². The third kappa shape index (κ3) is 1.88. The third-order valence-electron chi connectivity index (χ3n) is 2.03. The van der Waals surface area contributed by atoms with E-state index in [1.165, 1.54) is 30.6 Å². The first-order valence-electron chi connectivity index (χ1n) is 4.55. The first-order valence-corrected chi connectivity index (χ1v) is 4.55. The zero-order chi connectivity index (χ0) is 11.5. The second-order valence-corrected chi connectivity index (χ2v) is 3.13. The van der Waals surface area contributed by atoms with Crippen molar-refractivity contribution < 1.29 is 9.18 Å². The molecule has 2 rings (SSSR count). The monoisotopic (exact) mass is 217 g/mol. The summed E-state index contributed by atoms with van der Waals surface area (Å²) >= 11 is 0. The number of hydrogen-bond acceptors (Lipinski definition) is 3. The van der Waals surface area contributed by atoms with Crippen molar-refractivity contribution in [3.63, 3.8) is 0 Å². The van der Waals surface area contributed by atoms with Crippen molar-refractivity contribution in [3.8, 4) is 11.3 Å². The van der Waals surface area contributed by atoms with Gasteiger partial charge in [-0.3, -0.25) is 9.78 Å². The molecule has 5 heteroatoms. The van der Waals surface area contributed by atoms with Gasteiger partial charge in [0.2, 0.25) is 0 Å². The van der Waals surface area contributed by atoms with E-state index in [-0.39, 0.29) is 11.4 Å². The van der Waals surface area contributed by atoms with E-state index in [0.717, 1.165) is 0 Å². The van der Waals surface area contributed by atoms with E-state index < -0.39 is 11.7 Å². The molecule has 80 valence electrons. The smallest absolute Gasteiger partial charge is 0.269 e. The maximum Gasteiger partial charge on any atom is 0.269 e. The van der Waals surface area contributed by atoms with Gasteiger partial charge < -0.3 is 5.73 Å². The molecule has 2 N–H and O–H groups in total. The van der Waals surface area contributed by atoms with Gasteiger partial charge in [-0.2, -0.15) is 0 Å². The van der Waals surface area contributed by atoms with E-state index in [9.17, 15) is 9.18 Å². The predicted molar refractivity (Wildman–Crippen MR) is 55.9 cm³/mol. The van der Waals surface area contributed by atoms with Gasteiger partial charge in [0.15, 0.2) is 5.69 Å². The lowest BCUT2D eigenvalue weighted by atomic mass is 10.1. The summed E-state index contributed by atoms with van der Waals surface area (Å²) < 4.78 is 13.0. The summed E-state index contributed by atoms with van der Waals surface area (Å²) in [4.78, 5) is 18.9. The van der Waals surface area contributed by atoms with E-state index in [4.69, 9.17) is 5.73 Å². The molecular formula is C11H8FN3O. The van der Waals surface area contributed by atoms with Crippen molar-refractivity contribution in [2.45, 2.75) is 0 Å². The molecule has 0 aliphatic rings. The van der Waals surface area contributed by atoms with Gasteiger partial charge in [0.1, 0.15) is 11.5 Å². The van der Waals surface area contributed by atoms with Crippen LogP contribution < -0.4 is 5.73 Å². The summed E-state index contributed by atoms with van der Waals surface area (Å²) in [6, 6.07) is 5.75. The largest absolute Gasteiger partial charge is 0.364 e. The summed E-state index contributed by atoms with van der Waals surface area (Å²) in [6.07, 6.45) is 2.79. The Bertz CT molecular complexity index is 542. The Hall–Kier alpha value is -2.30. The molecule has 1 aromatic carbocycles. The number of amides is 1. The Labute approximate surface area is 91.0 Å². The Morgan fingerprint density at radius 1 is 1.25 bits per heavy atom. The van der Waals surface area contributed by atoms with Crippen molar-refractivity contribution in [2.24, 2.45) is 5.73 Å². The average molecular weight is 217 g/mol. The number of hydrogen-bond donors (Lipinski definition) is 1. The number of carbonyl (C=O) groups is 1. The molecule has 0 aliphatic heterocycles. The number of benzene rings is 1. The fourth-order valence-corrected chi connectivity index (χ4v) is 1.37. The number of carbonyl (C=O) groups excluding carboxylic acids is 1. The minimum atomic E-state index is -0.688. The minimum absolute atomic E-state index is 0.0353.